The molecule has 5 heteroatoms. The van der Waals surface area contributed by atoms with Crippen molar-refractivity contribution in [2.24, 2.45) is 0 Å². The molecule has 0 radical (unpaired) electrons. The van der Waals surface area contributed by atoms with Crippen molar-refractivity contribution in [1.29, 1.82) is 0 Å². The first kappa shape index (κ1) is 10.6. The van der Waals surface area contributed by atoms with E-state index in [4.69, 9.17) is 4.74 Å². The Kier molecular flexibility index (Phi) is 3.02. The van der Waals surface area contributed by atoms with E-state index in [-0.39, 0.29) is 12.0 Å². The Morgan fingerprint density at radius 3 is 3.07 bits per heavy atom. The van der Waals surface area contributed by atoms with Gasteiger partial charge in [0.1, 0.15) is 6.04 Å². The fourth-order valence-electron chi connectivity index (χ4n) is 1.70. The zero-order valence-electron chi connectivity index (χ0n) is 8.90. The third kappa shape index (κ3) is 2.03. The van der Waals surface area contributed by atoms with Gasteiger partial charge < -0.3 is 4.74 Å². The SMILES string of the molecule is COC(=O)C1CCN1Cc1scnc1C. The Morgan fingerprint density at radius 1 is 1.80 bits per heavy atom. The van der Waals surface area contributed by atoms with Crippen LogP contribution < -0.4 is 0 Å². The smallest absolute Gasteiger partial charge is 0.323 e. The number of hydrogen-bond acceptors (Lipinski definition) is 5. The number of carbonyl (C=O) groups is 1. The molecule has 1 saturated heterocycles. The van der Waals surface area contributed by atoms with Gasteiger partial charge >= 0.3 is 5.97 Å². The van der Waals surface area contributed by atoms with Crippen molar-refractivity contribution in [3.63, 3.8) is 0 Å². The second-order valence-corrected chi connectivity index (χ2v) is 4.60. The maximum Gasteiger partial charge on any atom is 0.323 e. The molecule has 0 aromatic carbocycles. The molecule has 1 atom stereocenters. The molecular formula is C10H14N2O2S. The number of thiazole rings is 1. The number of rotatable bonds is 3. The van der Waals surface area contributed by atoms with E-state index in [1.165, 1.54) is 12.0 Å². The van der Waals surface area contributed by atoms with Gasteiger partial charge in [-0.2, -0.15) is 0 Å². The maximum absolute atomic E-state index is 11.3. The predicted octanol–water partition coefficient (Wildman–Crippen LogP) is 1.20. The first-order valence-electron chi connectivity index (χ1n) is 4.93. The van der Waals surface area contributed by atoms with Gasteiger partial charge in [0.05, 0.1) is 18.3 Å². The Balaban J connectivity index is 1.96. The van der Waals surface area contributed by atoms with Crippen LogP contribution in [0.4, 0.5) is 0 Å². The van der Waals surface area contributed by atoms with Gasteiger partial charge in [-0.05, 0) is 13.3 Å². The summed E-state index contributed by atoms with van der Waals surface area (Å²) in [6.45, 7) is 3.78. The summed E-state index contributed by atoms with van der Waals surface area (Å²) in [7, 11) is 1.44. The van der Waals surface area contributed by atoms with E-state index in [0.717, 1.165) is 25.2 Å². The summed E-state index contributed by atoms with van der Waals surface area (Å²) >= 11 is 1.64. The lowest BCUT2D eigenvalue weighted by atomic mass is 10.0. The van der Waals surface area contributed by atoms with E-state index >= 15 is 0 Å². The monoisotopic (exact) mass is 226 g/mol. The van der Waals surface area contributed by atoms with E-state index in [0.29, 0.717) is 0 Å². The van der Waals surface area contributed by atoms with Gasteiger partial charge in [-0.1, -0.05) is 0 Å². The van der Waals surface area contributed by atoms with Crippen molar-refractivity contribution in [3.05, 3.63) is 16.1 Å². The summed E-state index contributed by atoms with van der Waals surface area (Å²) in [5, 5.41) is 0. The van der Waals surface area contributed by atoms with Crippen LogP contribution in [0.25, 0.3) is 0 Å². The molecule has 15 heavy (non-hydrogen) atoms. The molecule has 1 aliphatic rings. The third-order valence-electron chi connectivity index (χ3n) is 2.80. The molecule has 0 spiro atoms. The lowest BCUT2D eigenvalue weighted by Crippen LogP contribution is -2.52. The van der Waals surface area contributed by atoms with Crippen LogP contribution in [0.15, 0.2) is 5.51 Å². The Labute approximate surface area is 92.9 Å². The van der Waals surface area contributed by atoms with Crippen LogP contribution in [0.1, 0.15) is 17.0 Å². The Morgan fingerprint density at radius 2 is 2.60 bits per heavy atom. The first-order chi connectivity index (χ1) is 7.22. The number of aromatic nitrogens is 1. The summed E-state index contributed by atoms with van der Waals surface area (Å²) in [6.07, 6.45) is 0.907. The second-order valence-electron chi connectivity index (χ2n) is 3.66. The van der Waals surface area contributed by atoms with Crippen molar-refractivity contribution in [1.82, 2.24) is 9.88 Å². The number of carbonyl (C=O) groups excluding carboxylic acids is 1. The molecule has 2 rings (SSSR count). The largest absolute Gasteiger partial charge is 0.468 e. The lowest BCUT2D eigenvalue weighted by molar-refractivity contribution is -0.152. The minimum atomic E-state index is -0.122. The first-order valence-corrected chi connectivity index (χ1v) is 5.81. The van der Waals surface area contributed by atoms with E-state index in [1.54, 1.807) is 11.3 Å². The van der Waals surface area contributed by atoms with Gasteiger partial charge in [0.25, 0.3) is 0 Å². The van der Waals surface area contributed by atoms with Gasteiger partial charge in [-0.25, -0.2) is 4.98 Å². The summed E-state index contributed by atoms with van der Waals surface area (Å²) in [4.78, 5) is 18.9. The number of likely N-dealkylation sites (tertiary alicyclic amines) is 1. The quantitative estimate of drug-likeness (QED) is 0.726. The number of hydrogen-bond donors (Lipinski definition) is 0. The molecular weight excluding hydrogens is 212 g/mol. The molecule has 82 valence electrons. The average molecular weight is 226 g/mol. The minimum absolute atomic E-state index is 0.0449. The fourth-order valence-corrected chi connectivity index (χ4v) is 2.50. The highest BCUT2D eigenvalue weighted by atomic mass is 32.1. The number of aryl methyl sites for hydroxylation is 1. The van der Waals surface area contributed by atoms with Gasteiger partial charge in [0.15, 0.2) is 0 Å². The standard InChI is InChI=1S/C10H14N2O2S/c1-7-9(15-6-11-7)5-12-4-3-8(12)10(13)14-2/h6,8H,3-5H2,1-2H3. The summed E-state index contributed by atoms with van der Waals surface area (Å²) in [5.74, 6) is -0.122. The van der Waals surface area contributed by atoms with Gasteiger partial charge in [-0.3, -0.25) is 9.69 Å². The van der Waals surface area contributed by atoms with Gasteiger partial charge in [-0.15, -0.1) is 11.3 Å². The zero-order chi connectivity index (χ0) is 10.8. The van der Waals surface area contributed by atoms with Crippen LogP contribution in [-0.2, 0) is 16.1 Å². The molecule has 1 aromatic heterocycles. The van der Waals surface area contributed by atoms with Crippen LogP contribution in [-0.4, -0.2) is 35.5 Å². The fraction of sp³-hybridized carbons (Fsp3) is 0.600. The van der Waals surface area contributed by atoms with Gasteiger partial charge in [0.2, 0.25) is 0 Å². The number of nitrogens with zero attached hydrogens (tertiary/aromatic N) is 2. The molecule has 2 heterocycles. The van der Waals surface area contributed by atoms with Crippen LogP contribution in [0, 0.1) is 6.92 Å². The van der Waals surface area contributed by atoms with Crippen LogP contribution in [0.2, 0.25) is 0 Å². The van der Waals surface area contributed by atoms with Crippen LogP contribution in [0.5, 0.6) is 0 Å². The van der Waals surface area contributed by atoms with Crippen molar-refractivity contribution >= 4 is 17.3 Å². The highest BCUT2D eigenvalue weighted by Gasteiger charge is 2.35. The zero-order valence-corrected chi connectivity index (χ0v) is 9.71. The predicted molar refractivity (Wildman–Crippen MR) is 57.7 cm³/mol. The summed E-state index contributed by atoms with van der Waals surface area (Å²) in [6, 6.07) is -0.0449. The van der Waals surface area contributed by atoms with Crippen molar-refractivity contribution in [2.75, 3.05) is 13.7 Å². The van der Waals surface area contributed by atoms with E-state index in [1.807, 2.05) is 12.4 Å². The molecule has 1 unspecified atom stereocenters. The molecule has 1 fully saturated rings. The Bertz CT molecular complexity index is 364. The molecule has 1 aliphatic heterocycles. The minimum Gasteiger partial charge on any atom is -0.468 e. The number of methoxy groups -OCH3 is 1. The third-order valence-corrected chi connectivity index (χ3v) is 3.72. The second kappa shape index (κ2) is 4.28. The normalized spacial score (nSPS) is 21.1. The van der Waals surface area contributed by atoms with Crippen LogP contribution in [0.3, 0.4) is 0 Å². The average Bonchev–Trinajstić information content (AvgIpc) is 2.58. The molecule has 0 aliphatic carbocycles. The molecule has 1 aromatic rings. The highest BCUT2D eigenvalue weighted by molar-refractivity contribution is 7.09. The molecule has 0 saturated carbocycles. The van der Waals surface area contributed by atoms with E-state index < -0.39 is 0 Å². The molecule has 4 nitrogen and oxygen atoms in total. The Hall–Kier alpha value is -0.940. The van der Waals surface area contributed by atoms with Crippen molar-refractivity contribution in [3.8, 4) is 0 Å². The molecule has 0 amide bonds. The lowest BCUT2D eigenvalue weighted by Gasteiger charge is -2.38. The van der Waals surface area contributed by atoms with E-state index in [9.17, 15) is 4.79 Å². The topological polar surface area (TPSA) is 42.4 Å². The van der Waals surface area contributed by atoms with Gasteiger partial charge in [0, 0.05) is 18.0 Å². The highest BCUT2D eigenvalue weighted by Crippen LogP contribution is 2.24. The molecule has 0 bridgehead atoms. The van der Waals surface area contributed by atoms with Crippen molar-refractivity contribution < 1.29 is 9.53 Å². The summed E-state index contributed by atoms with van der Waals surface area (Å²) in [5.41, 5.74) is 2.91. The van der Waals surface area contributed by atoms with Crippen molar-refractivity contribution in [2.45, 2.75) is 25.9 Å². The van der Waals surface area contributed by atoms with E-state index in [2.05, 4.69) is 9.88 Å². The number of esters is 1. The summed E-state index contributed by atoms with van der Waals surface area (Å²) < 4.78 is 4.74. The van der Waals surface area contributed by atoms with Crippen LogP contribution >= 0.6 is 11.3 Å². The maximum atomic E-state index is 11.3. The number of ether oxygens (including phenoxy) is 1. The molecule has 0 N–H and O–H groups in total.